The Hall–Kier alpha value is -3.13. The van der Waals surface area contributed by atoms with Gasteiger partial charge in [0.2, 0.25) is 11.8 Å². The molecule has 0 radical (unpaired) electrons. The fourth-order valence-corrected chi connectivity index (χ4v) is 5.17. The van der Waals surface area contributed by atoms with Crippen LogP contribution in [0.3, 0.4) is 0 Å². The summed E-state index contributed by atoms with van der Waals surface area (Å²) in [5.74, 6) is -1.75. The molecule has 33 heavy (non-hydrogen) atoms. The number of amides is 3. The highest BCUT2D eigenvalue weighted by atomic mass is 19.1. The van der Waals surface area contributed by atoms with Gasteiger partial charge >= 0.3 is 0 Å². The van der Waals surface area contributed by atoms with E-state index in [0.717, 1.165) is 43.6 Å². The van der Waals surface area contributed by atoms with E-state index in [1.165, 1.54) is 23.1 Å². The number of hydrogen-bond donors (Lipinski definition) is 1. The number of hydrogen-bond acceptors (Lipinski definition) is 4. The summed E-state index contributed by atoms with van der Waals surface area (Å²) in [5.41, 5.74) is 2.70. The largest absolute Gasteiger partial charge is 0.322 e. The molecule has 3 amide bonds. The summed E-state index contributed by atoms with van der Waals surface area (Å²) in [6, 6.07) is 8.88. The van der Waals surface area contributed by atoms with Crippen molar-refractivity contribution in [2.24, 2.45) is 0 Å². The molecule has 3 heterocycles. The summed E-state index contributed by atoms with van der Waals surface area (Å²) in [4.78, 5) is 40.2. The summed E-state index contributed by atoms with van der Waals surface area (Å²) < 4.78 is 28.2. The van der Waals surface area contributed by atoms with Crippen LogP contribution in [0.2, 0.25) is 0 Å². The van der Waals surface area contributed by atoms with Crippen LogP contribution in [0.25, 0.3) is 0 Å². The number of carbonyl (C=O) groups excluding carboxylic acids is 3. The van der Waals surface area contributed by atoms with Gasteiger partial charge in [-0.25, -0.2) is 8.78 Å². The summed E-state index contributed by atoms with van der Waals surface area (Å²) in [5, 5.41) is 2.28. The first-order chi connectivity index (χ1) is 15.9. The highest BCUT2D eigenvalue weighted by Crippen LogP contribution is 2.35. The van der Waals surface area contributed by atoms with Crippen LogP contribution in [-0.2, 0) is 22.7 Å². The third-order valence-electron chi connectivity index (χ3n) is 6.99. The highest BCUT2D eigenvalue weighted by molar-refractivity contribution is 6.05. The van der Waals surface area contributed by atoms with Crippen LogP contribution in [0.5, 0.6) is 0 Å². The Labute approximate surface area is 190 Å². The van der Waals surface area contributed by atoms with Crippen LogP contribution >= 0.6 is 0 Å². The maximum Gasteiger partial charge on any atom is 0.255 e. The van der Waals surface area contributed by atoms with Gasteiger partial charge in [0.05, 0.1) is 0 Å². The summed E-state index contributed by atoms with van der Waals surface area (Å²) >= 11 is 0. The average Bonchev–Trinajstić information content (AvgIpc) is 3.11. The van der Waals surface area contributed by atoms with E-state index in [1.807, 2.05) is 0 Å². The van der Waals surface area contributed by atoms with Crippen molar-refractivity contribution in [1.82, 2.24) is 15.1 Å². The molecule has 2 fully saturated rings. The number of nitrogens with one attached hydrogen (secondary N) is 1. The van der Waals surface area contributed by atoms with Gasteiger partial charge in [0.25, 0.3) is 5.91 Å². The van der Waals surface area contributed by atoms with Crippen molar-refractivity contribution >= 4 is 17.7 Å². The van der Waals surface area contributed by atoms with Crippen LogP contribution in [0.15, 0.2) is 36.4 Å². The van der Waals surface area contributed by atoms with Crippen molar-refractivity contribution in [2.45, 2.75) is 50.7 Å². The number of benzene rings is 2. The molecule has 5 rings (SSSR count). The van der Waals surface area contributed by atoms with Crippen molar-refractivity contribution in [2.75, 3.05) is 13.1 Å². The zero-order valence-electron chi connectivity index (χ0n) is 18.2. The smallest absolute Gasteiger partial charge is 0.255 e. The number of rotatable bonds is 4. The molecular formula is C25H25F2N3O3. The van der Waals surface area contributed by atoms with Crippen LogP contribution in [0, 0.1) is 11.6 Å². The van der Waals surface area contributed by atoms with E-state index in [4.69, 9.17) is 0 Å². The van der Waals surface area contributed by atoms with Crippen LogP contribution in [0.1, 0.15) is 58.6 Å². The molecule has 8 heteroatoms. The molecule has 6 nitrogen and oxygen atoms in total. The lowest BCUT2D eigenvalue weighted by atomic mass is 9.87. The fraction of sp³-hybridized carbons (Fsp3) is 0.400. The summed E-state index contributed by atoms with van der Waals surface area (Å²) in [6.45, 7) is 2.59. The monoisotopic (exact) mass is 453 g/mol. The van der Waals surface area contributed by atoms with Gasteiger partial charge in [-0.1, -0.05) is 18.2 Å². The topological polar surface area (TPSA) is 69.7 Å². The van der Waals surface area contributed by atoms with E-state index in [2.05, 4.69) is 10.2 Å². The first-order valence-corrected chi connectivity index (χ1v) is 11.3. The quantitative estimate of drug-likeness (QED) is 0.723. The molecule has 3 aliphatic heterocycles. The molecule has 2 saturated heterocycles. The standard InChI is InChI=1S/C25H25F2N3O3/c26-18-3-1-15(2-4-18)13-29-9-7-16(8-10-29)19-11-17-14-30(25(33)20(17)12-21(19)27)22-5-6-23(31)28-24(22)32/h1-4,11-12,16,22H,5-10,13-14H2,(H,28,31,32). The second-order valence-electron chi connectivity index (χ2n) is 9.11. The lowest BCUT2D eigenvalue weighted by Crippen LogP contribution is -2.52. The van der Waals surface area contributed by atoms with Gasteiger partial charge in [-0.3, -0.25) is 24.6 Å². The summed E-state index contributed by atoms with van der Waals surface area (Å²) in [6.07, 6.45) is 2.06. The van der Waals surface area contributed by atoms with Gasteiger partial charge in [0, 0.05) is 25.1 Å². The lowest BCUT2D eigenvalue weighted by Gasteiger charge is -2.32. The number of carbonyl (C=O) groups is 3. The van der Waals surface area contributed by atoms with Gasteiger partial charge < -0.3 is 4.90 Å². The normalized spacial score (nSPS) is 21.9. The first kappa shape index (κ1) is 21.7. The van der Waals surface area contributed by atoms with Gasteiger partial charge in [-0.05, 0) is 73.2 Å². The second-order valence-corrected chi connectivity index (χ2v) is 9.11. The van der Waals surface area contributed by atoms with Crippen LogP contribution in [-0.4, -0.2) is 46.7 Å². The van der Waals surface area contributed by atoms with E-state index in [-0.39, 0.29) is 48.8 Å². The number of likely N-dealkylation sites (tertiary alicyclic amines) is 1. The van der Waals surface area contributed by atoms with Crippen molar-refractivity contribution in [1.29, 1.82) is 0 Å². The molecule has 1 atom stereocenters. The third-order valence-corrected chi connectivity index (χ3v) is 6.99. The molecule has 0 spiro atoms. The zero-order valence-corrected chi connectivity index (χ0v) is 18.2. The van der Waals surface area contributed by atoms with Crippen molar-refractivity contribution in [3.8, 4) is 0 Å². The molecule has 3 aliphatic rings. The SMILES string of the molecule is O=C1CCC(N2Cc3cc(C4CCN(Cc5ccc(F)cc5)CC4)c(F)cc3C2=O)C(=O)N1. The van der Waals surface area contributed by atoms with Crippen LogP contribution < -0.4 is 5.32 Å². The maximum absolute atomic E-state index is 15.0. The Bertz CT molecular complexity index is 1110. The number of halogens is 2. The average molecular weight is 453 g/mol. The molecule has 172 valence electrons. The molecule has 0 bridgehead atoms. The number of fused-ring (bicyclic) bond motifs is 1. The van der Waals surface area contributed by atoms with Crippen LogP contribution in [0.4, 0.5) is 8.78 Å². The highest BCUT2D eigenvalue weighted by Gasteiger charge is 2.40. The molecule has 0 saturated carbocycles. The molecule has 0 aromatic heterocycles. The third kappa shape index (κ3) is 4.27. The number of imide groups is 1. The van der Waals surface area contributed by atoms with E-state index in [1.54, 1.807) is 18.2 Å². The predicted molar refractivity (Wildman–Crippen MR) is 116 cm³/mol. The second kappa shape index (κ2) is 8.67. The Morgan fingerprint density at radius 2 is 1.70 bits per heavy atom. The molecule has 2 aromatic rings. The minimum atomic E-state index is -0.705. The number of piperidine rings is 2. The first-order valence-electron chi connectivity index (χ1n) is 11.3. The predicted octanol–water partition coefficient (Wildman–Crippen LogP) is 3.11. The minimum absolute atomic E-state index is 0.0551. The van der Waals surface area contributed by atoms with E-state index in [0.29, 0.717) is 11.1 Å². The van der Waals surface area contributed by atoms with E-state index in [9.17, 15) is 18.8 Å². The van der Waals surface area contributed by atoms with E-state index >= 15 is 4.39 Å². The zero-order chi connectivity index (χ0) is 23.1. The van der Waals surface area contributed by atoms with Crippen molar-refractivity contribution in [3.05, 3.63) is 70.3 Å². The summed E-state index contributed by atoms with van der Waals surface area (Å²) in [7, 11) is 0. The van der Waals surface area contributed by atoms with Gasteiger partial charge in [0.1, 0.15) is 17.7 Å². The Morgan fingerprint density at radius 3 is 2.39 bits per heavy atom. The Balaban J connectivity index is 1.26. The molecule has 1 unspecified atom stereocenters. The van der Waals surface area contributed by atoms with E-state index < -0.39 is 11.9 Å². The molecule has 1 N–H and O–H groups in total. The van der Waals surface area contributed by atoms with Gasteiger partial charge in [0.15, 0.2) is 0 Å². The van der Waals surface area contributed by atoms with Crippen molar-refractivity contribution < 1.29 is 23.2 Å². The molecular weight excluding hydrogens is 428 g/mol. The fourth-order valence-electron chi connectivity index (χ4n) is 5.17. The minimum Gasteiger partial charge on any atom is -0.322 e. The van der Waals surface area contributed by atoms with Crippen molar-refractivity contribution in [3.63, 3.8) is 0 Å². The molecule has 2 aromatic carbocycles. The molecule has 0 aliphatic carbocycles. The Kier molecular flexibility index (Phi) is 5.70. The lowest BCUT2D eigenvalue weighted by molar-refractivity contribution is -0.136. The van der Waals surface area contributed by atoms with Gasteiger partial charge in [-0.2, -0.15) is 0 Å². The Morgan fingerprint density at radius 1 is 0.970 bits per heavy atom. The number of nitrogens with zero attached hydrogens (tertiary/aromatic N) is 2. The maximum atomic E-state index is 15.0. The van der Waals surface area contributed by atoms with Gasteiger partial charge in [-0.15, -0.1) is 0 Å².